The van der Waals surface area contributed by atoms with Crippen molar-refractivity contribution in [2.24, 2.45) is 5.16 Å². The van der Waals surface area contributed by atoms with Crippen LogP contribution >= 0.6 is 34.9 Å². The van der Waals surface area contributed by atoms with Gasteiger partial charge in [0.2, 0.25) is 5.60 Å². The Kier molecular flexibility index (Phi) is 8.08. The number of hydrogen-bond donors (Lipinski definition) is 6. The Bertz CT molecular complexity index is 1440. The topological polar surface area (TPSA) is 262 Å². The number of carboxylic acid groups (broad SMARTS) is 2. The number of nitrogens with one attached hydrogen (secondary N) is 1. The van der Waals surface area contributed by atoms with Crippen molar-refractivity contribution in [2.45, 2.75) is 36.0 Å². The molecule has 4 rings (SSSR count). The normalized spacial score (nSPS) is 19.1. The molecule has 0 aromatic carbocycles. The molecule has 1 fully saturated rings. The number of aliphatic carboxylic acids is 2. The molecule has 2 atom stereocenters. The first-order chi connectivity index (χ1) is 18.8. The Labute approximate surface area is 238 Å². The van der Waals surface area contributed by atoms with E-state index in [9.17, 15) is 29.4 Å². The number of thioether (sulfide) groups is 2. The van der Waals surface area contributed by atoms with Crippen LogP contribution in [0.5, 0.6) is 0 Å². The van der Waals surface area contributed by atoms with Crippen molar-refractivity contribution in [3.63, 3.8) is 0 Å². The molecule has 0 spiro atoms. The molecular weight excluding hydrogens is 586 g/mol. The fourth-order valence-corrected chi connectivity index (χ4v) is 6.39. The minimum absolute atomic E-state index is 0.0101. The summed E-state index contributed by atoms with van der Waals surface area (Å²) in [5.74, 6) is -3.45. The summed E-state index contributed by atoms with van der Waals surface area (Å²) in [4.78, 5) is 68.1. The third kappa shape index (κ3) is 5.89. The molecule has 2 aliphatic heterocycles. The molecule has 4 heterocycles. The summed E-state index contributed by atoms with van der Waals surface area (Å²) in [5.41, 5.74) is 15.1. The second kappa shape index (κ2) is 11.2. The first kappa shape index (κ1) is 28.9. The van der Waals surface area contributed by atoms with Crippen molar-refractivity contribution in [3.8, 4) is 0 Å². The predicted molar refractivity (Wildman–Crippen MR) is 147 cm³/mol. The highest BCUT2D eigenvalue weighted by molar-refractivity contribution is 8.01. The number of β-lactam (4-membered cyclic amide) rings is 1. The molecule has 2 aromatic rings. The average molecular weight is 610 g/mol. The number of oxime groups is 1. The number of nitrogens with zero attached hydrogens (tertiary/aromatic N) is 5. The number of carbonyl (C=O) groups is 4. The van der Waals surface area contributed by atoms with E-state index in [1.54, 1.807) is 0 Å². The average Bonchev–Trinajstić information content (AvgIpc) is 3.30. The van der Waals surface area contributed by atoms with Crippen LogP contribution in [0.1, 0.15) is 19.5 Å². The lowest BCUT2D eigenvalue weighted by Gasteiger charge is -2.49. The third-order valence-electron chi connectivity index (χ3n) is 5.52. The van der Waals surface area contributed by atoms with Crippen molar-refractivity contribution in [2.75, 3.05) is 28.7 Å². The lowest BCUT2D eigenvalue weighted by molar-refractivity contribution is -0.161. The van der Waals surface area contributed by atoms with E-state index in [1.165, 1.54) is 37.1 Å². The van der Waals surface area contributed by atoms with Crippen molar-refractivity contribution in [1.29, 1.82) is 0 Å². The lowest BCUT2D eigenvalue weighted by Crippen LogP contribution is -2.71. The van der Waals surface area contributed by atoms with E-state index in [-0.39, 0.29) is 44.8 Å². The maximum absolute atomic E-state index is 13.2. The van der Waals surface area contributed by atoms with Gasteiger partial charge in [0, 0.05) is 23.0 Å². The minimum Gasteiger partial charge on any atom is -0.478 e. The largest absolute Gasteiger partial charge is 0.478 e. The number of thiazole rings is 1. The van der Waals surface area contributed by atoms with Crippen LogP contribution in [-0.4, -0.2) is 88.1 Å². The van der Waals surface area contributed by atoms with Crippen molar-refractivity contribution < 1.29 is 34.2 Å². The van der Waals surface area contributed by atoms with E-state index in [0.29, 0.717) is 5.57 Å². The van der Waals surface area contributed by atoms with Crippen LogP contribution in [0.3, 0.4) is 0 Å². The highest BCUT2D eigenvalue weighted by Crippen LogP contribution is 2.41. The van der Waals surface area contributed by atoms with E-state index in [4.69, 9.17) is 22.0 Å². The van der Waals surface area contributed by atoms with Gasteiger partial charge in [-0.2, -0.15) is 0 Å². The molecule has 2 aromatic heterocycles. The standard InChI is InChI=1S/C21H23N9O7S3/c1-21(2,18(35)36)37-29-11(8-6-39-19(24)25-8)14(31)28-12-15(32)30-13(17(33)34)7(4-38-16(12)30)5-40-20-26-9(22)3-10(23)27-20/h3,6,12,16H,4-5H2,1-2H3,(H2,24,25)(H,28,31)(H,33,34)(H,35,36)(H4,22,23,26,27)/b29-11-/t12-,16-/m1/s1. The molecule has 2 amide bonds. The van der Waals surface area contributed by atoms with Crippen LogP contribution in [0.2, 0.25) is 0 Å². The Hall–Kier alpha value is -4.10. The molecule has 0 unspecified atom stereocenters. The van der Waals surface area contributed by atoms with E-state index in [0.717, 1.165) is 28.0 Å². The number of carbonyl (C=O) groups excluding carboxylic acids is 2. The van der Waals surface area contributed by atoms with Gasteiger partial charge in [-0.15, -0.1) is 23.1 Å². The highest BCUT2D eigenvalue weighted by Gasteiger charge is 2.54. The van der Waals surface area contributed by atoms with Crippen LogP contribution in [0, 0.1) is 0 Å². The number of anilines is 3. The summed E-state index contributed by atoms with van der Waals surface area (Å²) >= 11 is 3.39. The molecule has 2 aliphatic rings. The number of aromatic nitrogens is 3. The van der Waals surface area contributed by atoms with Gasteiger partial charge in [-0.1, -0.05) is 16.9 Å². The van der Waals surface area contributed by atoms with Gasteiger partial charge in [0.25, 0.3) is 11.8 Å². The molecular formula is C21H23N9O7S3. The molecule has 0 saturated carbocycles. The summed E-state index contributed by atoms with van der Waals surface area (Å²) in [7, 11) is 0. The number of hydrogen-bond acceptors (Lipinski definition) is 15. The Morgan fingerprint density at radius 1 is 1.23 bits per heavy atom. The molecule has 0 aliphatic carbocycles. The number of amides is 2. The molecule has 19 heteroatoms. The van der Waals surface area contributed by atoms with E-state index in [2.05, 4.69) is 25.4 Å². The summed E-state index contributed by atoms with van der Waals surface area (Å²) < 4.78 is 0. The van der Waals surface area contributed by atoms with Gasteiger partial charge in [-0.3, -0.25) is 14.5 Å². The molecule has 0 bridgehead atoms. The quantitative estimate of drug-likeness (QED) is 0.0669. The van der Waals surface area contributed by atoms with Gasteiger partial charge in [-0.25, -0.2) is 24.5 Å². The number of nitrogens with two attached hydrogens (primary N) is 3. The summed E-state index contributed by atoms with van der Waals surface area (Å²) in [5, 5.41) is 26.5. The zero-order valence-corrected chi connectivity index (χ0v) is 23.3. The summed E-state index contributed by atoms with van der Waals surface area (Å²) in [6.07, 6.45) is 0. The van der Waals surface area contributed by atoms with Gasteiger partial charge < -0.3 is 37.6 Å². The maximum Gasteiger partial charge on any atom is 0.352 e. The van der Waals surface area contributed by atoms with Gasteiger partial charge in [-0.05, 0) is 19.4 Å². The monoisotopic (exact) mass is 609 g/mol. The van der Waals surface area contributed by atoms with Gasteiger partial charge >= 0.3 is 11.9 Å². The van der Waals surface area contributed by atoms with E-state index < -0.39 is 46.5 Å². The van der Waals surface area contributed by atoms with Crippen LogP contribution in [0.15, 0.2) is 33.0 Å². The third-order valence-corrected chi connectivity index (χ3v) is 8.46. The minimum atomic E-state index is -1.77. The summed E-state index contributed by atoms with van der Waals surface area (Å²) in [6.45, 7) is 2.47. The molecule has 0 radical (unpaired) electrons. The van der Waals surface area contributed by atoms with Gasteiger partial charge in [0.1, 0.15) is 34.4 Å². The fraction of sp³-hybridized carbons (Fsp3) is 0.333. The second-order valence-electron chi connectivity index (χ2n) is 8.82. The SMILES string of the molecule is CC(C)(O/N=C(\C(=O)N[C@@H]1C(=O)N2C(C(=O)O)=C(CSc3nc(N)cc(N)n3)CS[C@H]12)c1csc(N)n1)C(=O)O. The Morgan fingerprint density at radius 2 is 1.90 bits per heavy atom. The van der Waals surface area contributed by atoms with Crippen molar-refractivity contribution in [1.82, 2.24) is 25.2 Å². The van der Waals surface area contributed by atoms with Gasteiger partial charge in [0.05, 0.1) is 0 Å². The van der Waals surface area contributed by atoms with Crippen molar-refractivity contribution in [3.05, 3.63) is 28.4 Å². The van der Waals surface area contributed by atoms with Crippen molar-refractivity contribution >= 4 is 81.1 Å². The molecule has 1 saturated heterocycles. The van der Waals surface area contributed by atoms with Crippen LogP contribution in [-0.2, 0) is 24.0 Å². The maximum atomic E-state index is 13.2. The number of carboxylic acids is 2. The van der Waals surface area contributed by atoms with E-state index >= 15 is 0 Å². The molecule has 40 heavy (non-hydrogen) atoms. The zero-order valence-electron chi connectivity index (χ0n) is 20.9. The smallest absolute Gasteiger partial charge is 0.352 e. The zero-order chi connectivity index (χ0) is 29.4. The number of nitrogen functional groups attached to an aromatic ring is 3. The first-order valence-electron chi connectivity index (χ1n) is 11.2. The Balaban J connectivity index is 1.52. The Morgan fingerprint density at radius 3 is 2.48 bits per heavy atom. The fourth-order valence-electron chi connectivity index (χ4n) is 3.48. The summed E-state index contributed by atoms with van der Waals surface area (Å²) in [6, 6.07) is 0.297. The van der Waals surface area contributed by atoms with Crippen LogP contribution in [0.4, 0.5) is 16.8 Å². The predicted octanol–water partition coefficient (Wildman–Crippen LogP) is -0.205. The molecule has 16 nitrogen and oxygen atoms in total. The molecule has 9 N–H and O–H groups in total. The number of rotatable bonds is 10. The second-order valence-corrected chi connectivity index (χ2v) is 11.8. The first-order valence-corrected chi connectivity index (χ1v) is 14.1. The van der Waals surface area contributed by atoms with Crippen LogP contribution < -0.4 is 22.5 Å². The molecule has 212 valence electrons. The number of fused-ring (bicyclic) bond motifs is 1. The lowest BCUT2D eigenvalue weighted by atomic mass is 10.0. The van der Waals surface area contributed by atoms with Crippen LogP contribution in [0.25, 0.3) is 0 Å². The van der Waals surface area contributed by atoms with E-state index in [1.807, 2.05) is 0 Å². The van der Waals surface area contributed by atoms with Gasteiger partial charge in [0.15, 0.2) is 16.0 Å². The highest BCUT2D eigenvalue weighted by atomic mass is 32.2.